The van der Waals surface area contributed by atoms with Crippen LogP contribution in [0, 0.1) is 11.3 Å². The summed E-state index contributed by atoms with van der Waals surface area (Å²) >= 11 is 0. The third kappa shape index (κ3) is 3.71. The average molecular weight is 379 g/mol. The van der Waals surface area contributed by atoms with E-state index in [9.17, 15) is 9.90 Å². The second-order valence-electron chi connectivity index (χ2n) is 5.65. The van der Waals surface area contributed by atoms with Gasteiger partial charge in [-0.15, -0.1) is 4.68 Å². The first-order valence-corrected chi connectivity index (χ1v) is 8.23. The number of aliphatic imine (C=N–C) groups is 1. The van der Waals surface area contributed by atoms with Crippen molar-refractivity contribution in [2.75, 3.05) is 14.2 Å². The zero-order valence-corrected chi connectivity index (χ0v) is 15.2. The molecule has 28 heavy (non-hydrogen) atoms. The highest BCUT2D eigenvalue weighted by Crippen LogP contribution is 2.19. The molecule has 0 aliphatic rings. The van der Waals surface area contributed by atoms with Gasteiger partial charge in [-0.1, -0.05) is 22.0 Å². The van der Waals surface area contributed by atoms with Crippen LogP contribution in [0.2, 0.25) is 0 Å². The van der Waals surface area contributed by atoms with Crippen LogP contribution in [-0.2, 0) is 6.54 Å². The molecule has 1 heterocycles. The molecule has 3 aromatic rings. The first kappa shape index (κ1) is 18.7. The second kappa shape index (κ2) is 8.09. The lowest BCUT2D eigenvalue weighted by atomic mass is 10.3. The van der Waals surface area contributed by atoms with Gasteiger partial charge in [0.05, 0.1) is 19.9 Å². The first-order chi connectivity index (χ1) is 13.6. The minimum atomic E-state index is -0.772. The van der Waals surface area contributed by atoms with Crippen LogP contribution in [0.3, 0.4) is 0 Å². The summed E-state index contributed by atoms with van der Waals surface area (Å²) in [5.41, 5.74) is -0.0924. The molecule has 1 aromatic heterocycles. The van der Waals surface area contributed by atoms with Crippen molar-refractivity contribution in [1.29, 1.82) is 5.26 Å². The predicted molar refractivity (Wildman–Crippen MR) is 97.9 cm³/mol. The summed E-state index contributed by atoms with van der Waals surface area (Å²) in [6.45, 7) is -0.221. The molecule has 0 spiro atoms. The topological polar surface area (TPSA) is 119 Å². The predicted octanol–water partition coefficient (Wildman–Crippen LogP) is 0.432. The smallest absolute Gasteiger partial charge is 0.406 e. The maximum Gasteiger partial charge on any atom is 0.406 e. The number of hydrogen-bond donors (Lipinski definition) is 1. The molecule has 142 valence electrons. The molecular formula is C19H17N5O4. The molecule has 0 aliphatic carbocycles. The lowest BCUT2D eigenvalue weighted by Crippen LogP contribution is -2.46. The van der Waals surface area contributed by atoms with E-state index in [0.717, 1.165) is 9.36 Å². The minimum Gasteiger partial charge on any atom is -0.855 e. The van der Waals surface area contributed by atoms with Crippen LogP contribution in [0.4, 0.5) is 5.69 Å². The van der Waals surface area contributed by atoms with Crippen molar-refractivity contribution >= 4 is 11.6 Å². The van der Waals surface area contributed by atoms with Crippen molar-refractivity contribution < 1.29 is 19.3 Å². The Balaban J connectivity index is 2.11. The molecule has 2 aromatic carbocycles. The number of aromatic nitrogens is 3. The molecule has 9 heteroatoms. The Kier molecular flexibility index (Phi) is 5.41. The van der Waals surface area contributed by atoms with Crippen molar-refractivity contribution in [1.82, 2.24) is 9.90 Å². The number of aromatic amines is 1. The Morgan fingerprint density at radius 1 is 1.21 bits per heavy atom. The largest absolute Gasteiger partial charge is 0.855 e. The summed E-state index contributed by atoms with van der Waals surface area (Å²) in [4.78, 5) is 16.8. The number of nitrogens with one attached hydrogen (secondary N) is 1. The fraction of sp³-hybridized carbons (Fsp3) is 0.158. The first-order valence-electron chi connectivity index (χ1n) is 8.23. The van der Waals surface area contributed by atoms with Crippen LogP contribution >= 0.6 is 0 Å². The van der Waals surface area contributed by atoms with Gasteiger partial charge in [-0.05, 0) is 24.3 Å². The minimum absolute atomic E-state index is 0.221. The Hall–Kier alpha value is -4.06. The third-order valence-corrected chi connectivity index (χ3v) is 3.92. The lowest BCUT2D eigenvalue weighted by molar-refractivity contribution is -0.746. The fourth-order valence-corrected chi connectivity index (χ4v) is 2.60. The number of ether oxygens (including phenoxy) is 2. The van der Waals surface area contributed by atoms with Crippen LogP contribution in [0.15, 0.2) is 58.3 Å². The molecule has 0 bridgehead atoms. The molecule has 9 nitrogen and oxygen atoms in total. The van der Waals surface area contributed by atoms with Crippen molar-refractivity contribution in [2.45, 2.75) is 6.54 Å². The van der Waals surface area contributed by atoms with Gasteiger partial charge < -0.3 is 14.6 Å². The van der Waals surface area contributed by atoms with Gasteiger partial charge in [0.1, 0.15) is 17.6 Å². The molecule has 0 saturated heterocycles. The van der Waals surface area contributed by atoms with E-state index in [1.807, 2.05) is 6.07 Å². The maximum atomic E-state index is 12.9. The quantitative estimate of drug-likeness (QED) is 0.378. The molecular weight excluding hydrogens is 362 g/mol. The van der Waals surface area contributed by atoms with E-state index in [0.29, 0.717) is 22.9 Å². The zero-order chi connectivity index (χ0) is 20.1. The molecule has 3 rings (SSSR count). The Morgan fingerprint density at radius 2 is 1.89 bits per heavy atom. The van der Waals surface area contributed by atoms with Gasteiger partial charge in [0.2, 0.25) is 5.69 Å². The van der Waals surface area contributed by atoms with E-state index in [2.05, 4.69) is 10.2 Å². The molecule has 0 unspecified atom stereocenters. The van der Waals surface area contributed by atoms with Gasteiger partial charge in [0.25, 0.3) is 0 Å². The second-order valence-corrected chi connectivity index (χ2v) is 5.65. The van der Waals surface area contributed by atoms with Gasteiger partial charge >= 0.3 is 5.56 Å². The van der Waals surface area contributed by atoms with Gasteiger partial charge in [-0.3, -0.25) is 4.99 Å². The van der Waals surface area contributed by atoms with Crippen LogP contribution in [0.1, 0.15) is 5.69 Å². The normalized spacial score (nSPS) is 11.1. The van der Waals surface area contributed by atoms with Gasteiger partial charge in [0, 0.05) is 18.0 Å². The van der Waals surface area contributed by atoms with Crippen molar-refractivity contribution in [3.8, 4) is 23.3 Å². The van der Waals surface area contributed by atoms with E-state index in [4.69, 9.17) is 14.7 Å². The molecule has 0 amide bonds. The van der Waals surface area contributed by atoms with E-state index < -0.39 is 11.5 Å². The summed E-state index contributed by atoms with van der Waals surface area (Å²) in [7, 11) is 3.01. The summed E-state index contributed by atoms with van der Waals surface area (Å²) in [5.74, 6) is 0.299. The van der Waals surface area contributed by atoms with Crippen LogP contribution < -0.4 is 24.8 Å². The van der Waals surface area contributed by atoms with Gasteiger partial charge in [-0.2, -0.15) is 5.26 Å². The molecule has 0 fully saturated rings. The van der Waals surface area contributed by atoms with Crippen LogP contribution in [0.25, 0.3) is 5.69 Å². The molecule has 0 atom stereocenters. The number of hydrogen-bond acceptors (Lipinski definition) is 6. The van der Waals surface area contributed by atoms with E-state index in [-0.39, 0.29) is 12.2 Å². The average Bonchev–Trinajstić information content (AvgIpc) is 3.04. The molecule has 0 aliphatic heterocycles. The van der Waals surface area contributed by atoms with Crippen LogP contribution in [-0.4, -0.2) is 30.0 Å². The summed E-state index contributed by atoms with van der Waals surface area (Å²) < 4.78 is 12.6. The fourth-order valence-electron chi connectivity index (χ4n) is 2.60. The monoisotopic (exact) mass is 379 g/mol. The number of nitrogens with zero attached hydrogens (tertiary/aromatic N) is 4. The highest BCUT2D eigenvalue weighted by atomic mass is 16.5. The molecule has 1 N–H and O–H groups in total. The molecule has 0 radical (unpaired) electrons. The SMILES string of the molecule is COc1cccc(N=C([O-])c2c(=O)n(-c3cccc(OC)c3)[nH][n+]2CC#N)c1. The summed E-state index contributed by atoms with van der Waals surface area (Å²) in [5, 5.41) is 24.5. The number of benzene rings is 2. The summed E-state index contributed by atoms with van der Waals surface area (Å²) in [6.07, 6.45) is 0. The van der Waals surface area contributed by atoms with Gasteiger partial charge in [-0.25, -0.2) is 4.79 Å². The van der Waals surface area contributed by atoms with Crippen molar-refractivity contribution in [3.63, 3.8) is 0 Å². The Labute approximate surface area is 160 Å². The van der Waals surface area contributed by atoms with Crippen molar-refractivity contribution in [2.24, 2.45) is 4.99 Å². The third-order valence-electron chi connectivity index (χ3n) is 3.92. The van der Waals surface area contributed by atoms with E-state index >= 15 is 0 Å². The highest BCUT2D eigenvalue weighted by molar-refractivity contribution is 5.88. The maximum absolute atomic E-state index is 12.9. The Morgan fingerprint density at radius 3 is 2.57 bits per heavy atom. The highest BCUT2D eigenvalue weighted by Gasteiger charge is 2.23. The lowest BCUT2D eigenvalue weighted by Gasteiger charge is -2.06. The number of nitriles is 1. The van der Waals surface area contributed by atoms with Crippen LogP contribution in [0.5, 0.6) is 11.5 Å². The zero-order valence-electron chi connectivity index (χ0n) is 15.2. The van der Waals surface area contributed by atoms with Crippen molar-refractivity contribution in [3.05, 3.63) is 64.6 Å². The number of H-pyrrole nitrogens is 1. The standard InChI is InChI=1S/C19H17N5O4/c1-27-15-7-3-5-13(11-15)21-18(25)17-19(26)24(22-23(17)10-9-20)14-6-4-8-16(12-14)28-2/h3-8,11-12H,10H2,1-2H3,(H-,21,22,25,26). The number of rotatable bonds is 6. The van der Waals surface area contributed by atoms with Gasteiger partial charge in [0.15, 0.2) is 12.2 Å². The summed E-state index contributed by atoms with van der Waals surface area (Å²) in [6, 6.07) is 15.2. The van der Waals surface area contributed by atoms with E-state index in [1.54, 1.807) is 48.5 Å². The molecule has 0 saturated carbocycles. The Bertz CT molecular complexity index is 1120. The van der Waals surface area contributed by atoms with E-state index in [1.165, 1.54) is 14.2 Å². The number of methoxy groups -OCH3 is 2.